The van der Waals surface area contributed by atoms with Crippen LogP contribution in [0.1, 0.15) is 65.2 Å². The Morgan fingerprint density at radius 1 is 0.944 bits per heavy atom. The molecule has 2 N–H and O–H groups in total. The second kappa shape index (κ2) is 6.91. The third-order valence-electron chi connectivity index (χ3n) is 5.46. The van der Waals surface area contributed by atoms with Crippen molar-refractivity contribution in [2.24, 2.45) is 17.6 Å². The fourth-order valence-corrected chi connectivity index (χ4v) is 4.40. The second-order valence-electron chi connectivity index (χ2n) is 6.51. The van der Waals surface area contributed by atoms with Gasteiger partial charge < -0.3 is 5.73 Å². The van der Waals surface area contributed by atoms with Crippen molar-refractivity contribution in [2.75, 3.05) is 13.1 Å². The summed E-state index contributed by atoms with van der Waals surface area (Å²) >= 11 is 0. The van der Waals surface area contributed by atoms with Crippen LogP contribution in [0, 0.1) is 11.8 Å². The van der Waals surface area contributed by atoms with E-state index in [4.69, 9.17) is 5.73 Å². The normalized spacial score (nSPS) is 38.0. The van der Waals surface area contributed by atoms with Crippen molar-refractivity contribution < 1.29 is 0 Å². The molecule has 2 fully saturated rings. The van der Waals surface area contributed by atoms with Crippen LogP contribution in [0.25, 0.3) is 0 Å². The summed E-state index contributed by atoms with van der Waals surface area (Å²) in [5, 5.41) is 0. The third-order valence-corrected chi connectivity index (χ3v) is 5.46. The molecule has 0 spiro atoms. The van der Waals surface area contributed by atoms with Gasteiger partial charge in [-0.25, -0.2) is 0 Å². The molecule has 0 aromatic carbocycles. The van der Waals surface area contributed by atoms with Crippen LogP contribution in [-0.2, 0) is 0 Å². The van der Waals surface area contributed by atoms with Gasteiger partial charge >= 0.3 is 0 Å². The first-order valence-electron chi connectivity index (χ1n) is 8.23. The van der Waals surface area contributed by atoms with Crippen LogP contribution in [0.5, 0.6) is 0 Å². The predicted molar refractivity (Wildman–Crippen MR) is 78.6 cm³/mol. The van der Waals surface area contributed by atoms with Crippen LogP contribution in [-0.4, -0.2) is 30.1 Å². The Hall–Kier alpha value is -0.0800. The topological polar surface area (TPSA) is 29.3 Å². The predicted octanol–water partition coefficient (Wildman–Crippen LogP) is 3.40. The Morgan fingerprint density at radius 3 is 2.17 bits per heavy atom. The molecule has 18 heavy (non-hydrogen) atoms. The summed E-state index contributed by atoms with van der Waals surface area (Å²) in [7, 11) is 0. The highest BCUT2D eigenvalue weighted by Gasteiger charge is 2.35. The molecule has 2 heteroatoms. The quantitative estimate of drug-likeness (QED) is 0.831. The molecular weight excluding hydrogens is 220 g/mol. The van der Waals surface area contributed by atoms with Gasteiger partial charge in [0.1, 0.15) is 0 Å². The van der Waals surface area contributed by atoms with Crippen LogP contribution in [0.2, 0.25) is 0 Å². The molecule has 4 atom stereocenters. The lowest BCUT2D eigenvalue weighted by atomic mass is 9.79. The van der Waals surface area contributed by atoms with Crippen LogP contribution in [0.4, 0.5) is 0 Å². The average Bonchev–Trinajstić information content (AvgIpc) is 2.42. The van der Waals surface area contributed by atoms with Gasteiger partial charge in [0.15, 0.2) is 0 Å². The zero-order valence-electron chi connectivity index (χ0n) is 12.4. The van der Waals surface area contributed by atoms with Crippen molar-refractivity contribution >= 4 is 0 Å². The fourth-order valence-electron chi connectivity index (χ4n) is 4.40. The van der Waals surface area contributed by atoms with E-state index in [2.05, 4.69) is 18.7 Å². The first kappa shape index (κ1) is 14.3. The molecule has 2 rings (SSSR count). The highest BCUT2D eigenvalue weighted by atomic mass is 15.2. The molecule has 0 radical (unpaired) electrons. The van der Waals surface area contributed by atoms with E-state index in [1.165, 1.54) is 57.9 Å². The van der Waals surface area contributed by atoms with Crippen molar-refractivity contribution in [3.63, 3.8) is 0 Å². The highest BCUT2D eigenvalue weighted by Crippen LogP contribution is 2.35. The summed E-state index contributed by atoms with van der Waals surface area (Å²) in [6.45, 7) is 6.93. The average molecular weight is 252 g/mol. The van der Waals surface area contributed by atoms with Crippen LogP contribution < -0.4 is 5.73 Å². The lowest BCUT2D eigenvalue weighted by molar-refractivity contribution is 0.0296. The molecule has 106 valence electrons. The van der Waals surface area contributed by atoms with E-state index in [1.54, 1.807) is 0 Å². The summed E-state index contributed by atoms with van der Waals surface area (Å²) in [4.78, 5) is 2.83. The molecule has 4 unspecified atom stereocenters. The van der Waals surface area contributed by atoms with Gasteiger partial charge in [-0.3, -0.25) is 4.90 Å². The minimum absolute atomic E-state index is 0.757. The van der Waals surface area contributed by atoms with Gasteiger partial charge in [0, 0.05) is 12.1 Å². The van der Waals surface area contributed by atoms with Crippen molar-refractivity contribution in [1.82, 2.24) is 4.90 Å². The van der Waals surface area contributed by atoms with Crippen LogP contribution in [0.3, 0.4) is 0 Å². The summed E-state index contributed by atoms with van der Waals surface area (Å²) in [6.07, 6.45) is 11.3. The maximum absolute atomic E-state index is 6.02. The zero-order valence-corrected chi connectivity index (χ0v) is 12.4. The molecular formula is C16H32N2. The maximum Gasteiger partial charge on any atom is 0.0138 e. The van der Waals surface area contributed by atoms with Gasteiger partial charge in [0.2, 0.25) is 0 Å². The smallest absolute Gasteiger partial charge is 0.0138 e. The molecule has 2 saturated carbocycles. The van der Waals surface area contributed by atoms with Gasteiger partial charge in [-0.2, -0.15) is 0 Å². The first-order chi connectivity index (χ1) is 8.77. The monoisotopic (exact) mass is 252 g/mol. The van der Waals surface area contributed by atoms with E-state index in [0.29, 0.717) is 0 Å². The van der Waals surface area contributed by atoms with Gasteiger partial charge in [-0.1, -0.05) is 39.5 Å². The molecule has 0 aromatic rings. The SMILES string of the molecule is CCN(C1CCCCC1C)C1CCCCC1CN. The van der Waals surface area contributed by atoms with E-state index >= 15 is 0 Å². The van der Waals surface area contributed by atoms with Gasteiger partial charge in [-0.05, 0) is 50.6 Å². The Labute approximate surface area is 113 Å². The van der Waals surface area contributed by atoms with E-state index in [9.17, 15) is 0 Å². The van der Waals surface area contributed by atoms with Crippen LogP contribution >= 0.6 is 0 Å². The van der Waals surface area contributed by atoms with E-state index in [-0.39, 0.29) is 0 Å². The van der Waals surface area contributed by atoms with Gasteiger partial charge in [-0.15, -0.1) is 0 Å². The molecule has 2 aliphatic carbocycles. The zero-order chi connectivity index (χ0) is 13.0. The number of rotatable bonds is 4. The molecule has 0 aliphatic heterocycles. The Balaban J connectivity index is 2.05. The molecule has 0 amide bonds. The second-order valence-corrected chi connectivity index (χ2v) is 6.51. The summed E-state index contributed by atoms with van der Waals surface area (Å²) in [5.74, 6) is 1.65. The Morgan fingerprint density at radius 2 is 1.56 bits per heavy atom. The molecule has 0 saturated heterocycles. The summed E-state index contributed by atoms with van der Waals surface area (Å²) in [5.41, 5.74) is 6.02. The number of nitrogens with zero attached hydrogens (tertiary/aromatic N) is 1. The van der Waals surface area contributed by atoms with Crippen molar-refractivity contribution in [3.8, 4) is 0 Å². The highest BCUT2D eigenvalue weighted by molar-refractivity contribution is 4.90. The van der Waals surface area contributed by atoms with E-state index in [1.807, 2.05) is 0 Å². The van der Waals surface area contributed by atoms with Crippen molar-refractivity contribution in [2.45, 2.75) is 77.3 Å². The largest absolute Gasteiger partial charge is 0.330 e. The van der Waals surface area contributed by atoms with Gasteiger partial charge in [0.25, 0.3) is 0 Å². The molecule has 2 nitrogen and oxygen atoms in total. The van der Waals surface area contributed by atoms with Crippen molar-refractivity contribution in [3.05, 3.63) is 0 Å². The maximum atomic E-state index is 6.02. The van der Waals surface area contributed by atoms with E-state index in [0.717, 1.165) is 30.5 Å². The summed E-state index contributed by atoms with van der Waals surface area (Å²) in [6, 6.07) is 1.61. The molecule has 2 aliphatic rings. The molecule has 0 bridgehead atoms. The molecule has 0 aromatic heterocycles. The minimum atomic E-state index is 0.757. The number of nitrogens with two attached hydrogens (primary N) is 1. The van der Waals surface area contributed by atoms with E-state index < -0.39 is 0 Å². The Kier molecular flexibility index (Phi) is 5.50. The van der Waals surface area contributed by atoms with Gasteiger partial charge in [0.05, 0.1) is 0 Å². The fraction of sp³-hybridized carbons (Fsp3) is 1.00. The standard InChI is InChI=1S/C16H32N2/c1-3-18(15-10-6-4-8-13(15)2)16-11-7-5-9-14(16)12-17/h13-16H,3-12,17H2,1-2H3. The molecule has 0 heterocycles. The van der Waals surface area contributed by atoms with Crippen LogP contribution in [0.15, 0.2) is 0 Å². The van der Waals surface area contributed by atoms with Crippen molar-refractivity contribution in [1.29, 1.82) is 0 Å². The summed E-state index contributed by atoms with van der Waals surface area (Å²) < 4.78 is 0. The Bertz CT molecular complexity index is 241. The third kappa shape index (κ3) is 3.08. The minimum Gasteiger partial charge on any atom is -0.330 e. The lowest BCUT2D eigenvalue weighted by Gasteiger charge is -2.47. The number of hydrogen-bond donors (Lipinski definition) is 1. The first-order valence-corrected chi connectivity index (χ1v) is 8.23. The lowest BCUT2D eigenvalue weighted by Crippen LogP contribution is -2.52. The number of hydrogen-bond acceptors (Lipinski definition) is 2.